The Morgan fingerprint density at radius 3 is 2.24 bits per heavy atom. The highest BCUT2D eigenvalue weighted by Gasteiger charge is 2.33. The van der Waals surface area contributed by atoms with Crippen LogP contribution in [0.25, 0.3) is 5.69 Å². The summed E-state index contributed by atoms with van der Waals surface area (Å²) in [6.45, 7) is 4.11. The Labute approximate surface area is 172 Å². The monoisotopic (exact) mass is 430 g/mol. The molecule has 0 spiro atoms. The van der Waals surface area contributed by atoms with E-state index in [9.17, 15) is 18.0 Å². The van der Waals surface area contributed by atoms with Crippen LogP contribution >= 0.6 is 11.8 Å². The number of aromatic nitrogens is 2. The minimum atomic E-state index is -4.42. The maximum absolute atomic E-state index is 12.3. The number of rotatable bonds is 6. The summed E-state index contributed by atoms with van der Waals surface area (Å²) in [5.74, 6) is 0.0785. The molecule has 160 valence electrons. The summed E-state index contributed by atoms with van der Waals surface area (Å²) in [6, 6.07) is 7.33. The zero-order chi connectivity index (χ0) is 22.2. The molecule has 0 amide bonds. The number of nitrogens with zero attached hydrogens (tertiary/aromatic N) is 3. The van der Waals surface area contributed by atoms with Gasteiger partial charge in [0.05, 0.1) is 17.2 Å². The largest absolute Gasteiger partial charge is 0.435 e. The maximum atomic E-state index is 12.3. The molecule has 0 radical (unpaired) electrons. The number of carbonyl (C=O) groups is 1. The average Bonchev–Trinajstić information content (AvgIpc) is 3.14. The normalized spacial score (nSPS) is 12.0. The number of nitrogens with two attached hydrogens (primary N) is 1. The Morgan fingerprint density at radius 1 is 1.24 bits per heavy atom. The van der Waals surface area contributed by atoms with Gasteiger partial charge in [-0.05, 0) is 50.4 Å². The minimum absolute atomic E-state index is 0.0785. The van der Waals surface area contributed by atoms with Crippen molar-refractivity contribution in [1.82, 2.24) is 14.7 Å². The van der Waals surface area contributed by atoms with Crippen LogP contribution in [0.4, 0.5) is 18.9 Å². The average molecular weight is 430 g/mol. The van der Waals surface area contributed by atoms with Crippen LogP contribution in [0.3, 0.4) is 0 Å². The molecule has 2 rings (SSSR count). The van der Waals surface area contributed by atoms with Gasteiger partial charge >= 0.3 is 6.18 Å². The molecular weight excluding hydrogens is 405 g/mol. The molecule has 10 heteroatoms. The highest BCUT2D eigenvalue weighted by molar-refractivity contribution is 8.03. The smallest absolute Gasteiger partial charge is 0.399 e. The number of alkyl halides is 3. The number of thioether (sulfide) groups is 1. The van der Waals surface area contributed by atoms with E-state index >= 15 is 0 Å². The number of Topliss-reactive ketones (excluding diaryl/α,β-unsaturated/α-hetero) is 1. The maximum Gasteiger partial charge on any atom is 0.435 e. The van der Waals surface area contributed by atoms with Crippen molar-refractivity contribution in [3.8, 4) is 5.69 Å². The molecule has 0 unspecified atom stereocenters. The van der Waals surface area contributed by atoms with Gasteiger partial charge in [-0.2, -0.15) is 18.3 Å². The minimum Gasteiger partial charge on any atom is -0.399 e. The number of allylic oxidation sites excluding steroid dienone is 2. The number of hydrogen-bond donors (Lipinski definition) is 2. The van der Waals surface area contributed by atoms with Crippen molar-refractivity contribution in [2.24, 2.45) is 0 Å². The zero-order valence-corrected chi connectivity index (χ0v) is 17.5. The van der Waals surface area contributed by atoms with Crippen LogP contribution in [0.15, 0.2) is 47.1 Å². The fraction of sp³-hybridized carbons (Fsp3) is 0.368. The van der Waals surface area contributed by atoms with Crippen molar-refractivity contribution in [2.45, 2.75) is 20.0 Å². The summed E-state index contributed by atoms with van der Waals surface area (Å²) < 4.78 is 38.0. The quantitative estimate of drug-likeness (QED) is 0.539. The van der Waals surface area contributed by atoms with Crippen LogP contribution in [0.2, 0.25) is 0 Å². The first-order chi connectivity index (χ1) is 13.5. The van der Waals surface area contributed by atoms with Crippen LogP contribution in [0.5, 0.6) is 0 Å². The van der Waals surface area contributed by atoms with Crippen molar-refractivity contribution in [3.05, 3.63) is 52.8 Å². The molecule has 6 nitrogen and oxygen atoms in total. The lowest BCUT2D eigenvalue weighted by molar-refractivity contribution is -0.141. The second-order valence-corrected chi connectivity index (χ2v) is 6.87. The van der Waals surface area contributed by atoms with E-state index in [-0.39, 0.29) is 12.4 Å². The Morgan fingerprint density at radius 2 is 1.83 bits per heavy atom. The lowest BCUT2D eigenvalue weighted by Gasteiger charge is -2.20. The molecule has 3 N–H and O–H groups in total. The summed E-state index contributed by atoms with van der Waals surface area (Å²) in [5, 5.41) is 12.2. The first-order valence-corrected chi connectivity index (χ1v) is 9.80. The second-order valence-electron chi connectivity index (χ2n) is 6.05. The van der Waals surface area contributed by atoms with Gasteiger partial charge in [0.25, 0.3) is 0 Å². The molecule has 1 heterocycles. The Bertz CT molecular complexity index is 833. The van der Waals surface area contributed by atoms with E-state index in [0.717, 1.165) is 21.4 Å². The van der Waals surface area contributed by atoms with Crippen LogP contribution in [0.1, 0.15) is 19.5 Å². The lowest BCUT2D eigenvalue weighted by atomic mass is 10.3. The fourth-order valence-electron chi connectivity index (χ4n) is 2.28. The van der Waals surface area contributed by atoms with E-state index in [1.54, 1.807) is 31.2 Å². The number of aliphatic hydroxyl groups is 1. The number of ketones is 1. The number of benzene rings is 1. The van der Waals surface area contributed by atoms with Crippen molar-refractivity contribution in [2.75, 3.05) is 32.2 Å². The molecule has 0 atom stereocenters. The van der Waals surface area contributed by atoms with E-state index in [4.69, 9.17) is 10.8 Å². The number of aliphatic hydroxyl groups excluding tert-OH is 1. The molecule has 1 aromatic carbocycles. The molecule has 0 aliphatic heterocycles. The number of likely N-dealkylation sites (N-methyl/N-ethyl adjacent to an activating group) is 1. The Balaban J connectivity index is 0.000000298. The first kappa shape index (κ1) is 24.6. The van der Waals surface area contributed by atoms with Gasteiger partial charge in [0.2, 0.25) is 0 Å². The lowest BCUT2D eigenvalue weighted by Crippen LogP contribution is -2.22. The highest BCUT2D eigenvalue weighted by atomic mass is 32.2. The van der Waals surface area contributed by atoms with Crippen molar-refractivity contribution < 1.29 is 23.1 Å². The number of anilines is 1. The van der Waals surface area contributed by atoms with Crippen molar-refractivity contribution >= 4 is 23.2 Å². The van der Waals surface area contributed by atoms with E-state index in [1.165, 1.54) is 18.0 Å². The Hall–Kier alpha value is -2.46. The second kappa shape index (κ2) is 10.9. The molecule has 0 saturated carbocycles. The summed E-state index contributed by atoms with van der Waals surface area (Å²) in [5.41, 5.74) is 6.56. The fourth-order valence-corrected chi connectivity index (χ4v) is 3.02. The van der Waals surface area contributed by atoms with Crippen molar-refractivity contribution in [3.63, 3.8) is 0 Å². The summed E-state index contributed by atoms with van der Waals surface area (Å²) >= 11 is 1.45. The first-order valence-electron chi connectivity index (χ1n) is 8.57. The van der Waals surface area contributed by atoms with Gasteiger partial charge in [-0.3, -0.25) is 4.79 Å². The van der Waals surface area contributed by atoms with E-state index in [2.05, 4.69) is 5.10 Å². The van der Waals surface area contributed by atoms with Gasteiger partial charge in [0.1, 0.15) is 0 Å². The summed E-state index contributed by atoms with van der Waals surface area (Å²) in [6.07, 6.45) is -1.28. The Kier molecular flexibility index (Phi) is 9.25. The molecule has 0 aliphatic rings. The molecule has 0 saturated heterocycles. The summed E-state index contributed by atoms with van der Waals surface area (Å²) in [7, 11) is 1.87. The molecule has 0 aliphatic carbocycles. The van der Waals surface area contributed by atoms with E-state index in [1.807, 2.05) is 25.1 Å². The predicted octanol–water partition coefficient (Wildman–Crippen LogP) is 3.57. The van der Waals surface area contributed by atoms with Gasteiger partial charge in [0, 0.05) is 31.2 Å². The molecule has 29 heavy (non-hydrogen) atoms. The van der Waals surface area contributed by atoms with E-state index < -0.39 is 11.9 Å². The number of nitrogen functional groups attached to an aromatic ring is 1. The van der Waals surface area contributed by atoms with Gasteiger partial charge < -0.3 is 15.7 Å². The third-order valence-electron chi connectivity index (χ3n) is 3.90. The topological polar surface area (TPSA) is 84.4 Å². The van der Waals surface area contributed by atoms with Crippen LogP contribution in [0, 0.1) is 0 Å². The third-order valence-corrected chi connectivity index (χ3v) is 4.89. The molecule has 1 aromatic heterocycles. The molecular formula is C19H25F3N4O2S. The van der Waals surface area contributed by atoms with Crippen LogP contribution in [-0.4, -0.2) is 52.0 Å². The van der Waals surface area contributed by atoms with Gasteiger partial charge in [-0.25, -0.2) is 4.68 Å². The van der Waals surface area contributed by atoms with Crippen LogP contribution < -0.4 is 5.73 Å². The van der Waals surface area contributed by atoms with Gasteiger partial charge in [-0.1, -0.05) is 0 Å². The zero-order valence-electron chi connectivity index (χ0n) is 16.7. The third kappa shape index (κ3) is 7.47. The van der Waals surface area contributed by atoms with Crippen LogP contribution in [-0.2, 0) is 11.0 Å². The number of carbonyl (C=O) groups excluding carboxylic acids is 1. The van der Waals surface area contributed by atoms with E-state index in [0.29, 0.717) is 17.9 Å². The van der Waals surface area contributed by atoms with Crippen molar-refractivity contribution in [1.29, 1.82) is 0 Å². The SMILES string of the molecule is CS/C(C(C)=O)=C(/C)N(C)CCO.Nc1ccc(-n2ccc(C(F)(F)F)n2)cc1. The van der Waals surface area contributed by atoms with Gasteiger partial charge in [0.15, 0.2) is 11.5 Å². The molecule has 0 fully saturated rings. The van der Waals surface area contributed by atoms with Gasteiger partial charge in [-0.15, -0.1) is 11.8 Å². The number of hydrogen-bond acceptors (Lipinski definition) is 6. The molecule has 0 bridgehead atoms. The standard InChI is InChI=1S/C10H8F3N3.C9H17NO2S/c11-10(12,13)9-5-6-16(15-9)8-3-1-7(14)2-4-8;1-7(10(3)5-6-11)9(13-4)8(2)12/h1-6H,14H2;11H,5-6H2,1-4H3/b;9-7-. The number of halogens is 3. The summed E-state index contributed by atoms with van der Waals surface area (Å²) in [4.78, 5) is 13.8. The highest BCUT2D eigenvalue weighted by Crippen LogP contribution is 2.27. The molecule has 2 aromatic rings. The predicted molar refractivity (Wildman–Crippen MR) is 110 cm³/mol.